The average molecular weight is 423 g/mol. The van der Waals surface area contributed by atoms with Crippen LogP contribution < -0.4 is 4.74 Å². The maximum Gasteiger partial charge on any atom is 0.343 e. The second-order valence-electron chi connectivity index (χ2n) is 7.99. The van der Waals surface area contributed by atoms with Crippen LogP contribution >= 0.6 is 0 Å². The van der Waals surface area contributed by atoms with E-state index in [1.165, 1.54) is 5.56 Å². The molecule has 0 bridgehead atoms. The van der Waals surface area contributed by atoms with Crippen molar-refractivity contribution < 1.29 is 19.1 Å². The lowest BCUT2D eigenvalue weighted by atomic mass is 9.90. The number of aryl methyl sites for hydroxylation is 2. The fraction of sp³-hybridized carbons (Fsp3) is 0.444. The van der Waals surface area contributed by atoms with Gasteiger partial charge in [0.1, 0.15) is 17.3 Å². The average Bonchev–Trinajstić information content (AvgIpc) is 2.79. The SMILES string of the molecule is CCC(=O)C(CCCCCCc1ccc(OC(=O)c2ccccc2C)cc1)C(=O)CC. The predicted octanol–water partition coefficient (Wildman–Crippen LogP) is 6.28. The lowest BCUT2D eigenvalue weighted by Crippen LogP contribution is -2.22. The third kappa shape index (κ3) is 7.78. The summed E-state index contributed by atoms with van der Waals surface area (Å²) in [4.78, 5) is 36.2. The van der Waals surface area contributed by atoms with Gasteiger partial charge in [0, 0.05) is 12.8 Å². The van der Waals surface area contributed by atoms with Gasteiger partial charge in [-0.3, -0.25) is 9.59 Å². The molecule has 4 heteroatoms. The van der Waals surface area contributed by atoms with Gasteiger partial charge in [-0.05, 0) is 55.5 Å². The highest BCUT2D eigenvalue weighted by molar-refractivity contribution is 6.02. The third-order valence-electron chi connectivity index (χ3n) is 5.68. The molecule has 0 unspecified atom stereocenters. The molecule has 2 rings (SSSR count). The van der Waals surface area contributed by atoms with Gasteiger partial charge >= 0.3 is 5.97 Å². The number of carbonyl (C=O) groups is 3. The first-order chi connectivity index (χ1) is 15.0. The van der Waals surface area contributed by atoms with Crippen LogP contribution in [0, 0.1) is 12.8 Å². The Hall–Kier alpha value is -2.75. The normalized spacial score (nSPS) is 10.8. The number of ketones is 2. The van der Waals surface area contributed by atoms with Crippen LogP contribution in [0.1, 0.15) is 80.3 Å². The highest BCUT2D eigenvalue weighted by Crippen LogP contribution is 2.19. The zero-order valence-electron chi connectivity index (χ0n) is 19.0. The molecule has 2 aromatic carbocycles. The first-order valence-electron chi connectivity index (χ1n) is 11.4. The molecule has 2 aromatic rings. The van der Waals surface area contributed by atoms with E-state index in [4.69, 9.17) is 4.74 Å². The van der Waals surface area contributed by atoms with E-state index in [2.05, 4.69) is 0 Å². The van der Waals surface area contributed by atoms with Crippen LogP contribution in [0.5, 0.6) is 5.75 Å². The summed E-state index contributed by atoms with van der Waals surface area (Å²) in [6.45, 7) is 5.55. The molecule has 0 N–H and O–H groups in total. The van der Waals surface area contributed by atoms with Gasteiger partial charge in [-0.15, -0.1) is 0 Å². The number of benzene rings is 2. The largest absolute Gasteiger partial charge is 0.423 e. The molecular weight excluding hydrogens is 388 g/mol. The van der Waals surface area contributed by atoms with E-state index < -0.39 is 5.92 Å². The number of esters is 1. The molecule has 0 aromatic heterocycles. The van der Waals surface area contributed by atoms with E-state index >= 15 is 0 Å². The highest BCUT2D eigenvalue weighted by Gasteiger charge is 2.22. The van der Waals surface area contributed by atoms with Gasteiger partial charge < -0.3 is 4.74 Å². The molecule has 0 aliphatic heterocycles. The Balaban J connectivity index is 1.71. The number of hydrogen-bond donors (Lipinski definition) is 0. The van der Waals surface area contributed by atoms with Crippen molar-refractivity contribution in [1.82, 2.24) is 0 Å². The van der Waals surface area contributed by atoms with Crippen molar-refractivity contribution in [2.75, 3.05) is 0 Å². The van der Waals surface area contributed by atoms with Crippen LogP contribution in [0.4, 0.5) is 0 Å². The van der Waals surface area contributed by atoms with Gasteiger partial charge in [-0.1, -0.05) is 63.4 Å². The van der Waals surface area contributed by atoms with E-state index in [9.17, 15) is 14.4 Å². The second kappa shape index (κ2) is 12.8. The van der Waals surface area contributed by atoms with E-state index in [1.807, 2.05) is 63.2 Å². The summed E-state index contributed by atoms with van der Waals surface area (Å²) < 4.78 is 5.48. The molecule has 0 atom stereocenters. The summed E-state index contributed by atoms with van der Waals surface area (Å²) in [5.41, 5.74) is 2.68. The summed E-state index contributed by atoms with van der Waals surface area (Å²) in [6, 6.07) is 15.1. The van der Waals surface area contributed by atoms with Crippen LogP contribution in [0.15, 0.2) is 48.5 Å². The quantitative estimate of drug-likeness (QED) is 0.165. The van der Waals surface area contributed by atoms with Gasteiger partial charge in [0.05, 0.1) is 11.5 Å². The molecule has 0 spiro atoms. The molecule has 4 nitrogen and oxygen atoms in total. The number of Topliss-reactive ketones (excluding diaryl/α,β-unsaturated/α-hetero) is 2. The van der Waals surface area contributed by atoms with Gasteiger partial charge in [0.2, 0.25) is 0 Å². The van der Waals surface area contributed by atoms with E-state index in [0.717, 1.165) is 37.7 Å². The smallest absolute Gasteiger partial charge is 0.343 e. The lowest BCUT2D eigenvalue weighted by Gasteiger charge is -2.12. The molecule has 0 radical (unpaired) electrons. The molecule has 0 heterocycles. The fourth-order valence-electron chi connectivity index (χ4n) is 3.71. The van der Waals surface area contributed by atoms with E-state index in [1.54, 1.807) is 6.07 Å². The Labute approximate surface area is 186 Å². The van der Waals surface area contributed by atoms with E-state index in [-0.39, 0.29) is 17.5 Å². The first kappa shape index (κ1) is 24.5. The van der Waals surface area contributed by atoms with Crippen molar-refractivity contribution in [3.8, 4) is 5.75 Å². The number of hydrogen-bond acceptors (Lipinski definition) is 4. The third-order valence-corrected chi connectivity index (χ3v) is 5.68. The number of carbonyl (C=O) groups excluding carboxylic acids is 3. The van der Waals surface area contributed by atoms with E-state index in [0.29, 0.717) is 30.6 Å². The standard InChI is InChI=1S/C27H34O4/c1-4-25(28)24(26(29)5-2)15-9-7-6-8-13-21-16-18-22(19-17-21)31-27(30)23-14-11-10-12-20(23)3/h10-12,14,16-19,24H,4-9,13,15H2,1-3H3. The van der Waals surface area contributed by atoms with Crippen molar-refractivity contribution in [3.63, 3.8) is 0 Å². The minimum Gasteiger partial charge on any atom is -0.423 e. The van der Waals surface area contributed by atoms with Crippen molar-refractivity contribution in [1.29, 1.82) is 0 Å². The molecule has 0 aliphatic carbocycles. The van der Waals surface area contributed by atoms with Crippen molar-refractivity contribution in [3.05, 3.63) is 65.2 Å². The Morgan fingerprint density at radius 2 is 1.42 bits per heavy atom. The molecule has 0 aliphatic rings. The summed E-state index contributed by atoms with van der Waals surface area (Å²) >= 11 is 0. The number of unbranched alkanes of at least 4 members (excludes halogenated alkanes) is 3. The predicted molar refractivity (Wildman–Crippen MR) is 123 cm³/mol. The zero-order chi connectivity index (χ0) is 22.6. The summed E-state index contributed by atoms with van der Waals surface area (Å²) in [5.74, 6) is -0.0356. The number of ether oxygens (including phenoxy) is 1. The maximum absolute atomic E-state index is 12.3. The zero-order valence-corrected chi connectivity index (χ0v) is 19.0. The first-order valence-corrected chi connectivity index (χ1v) is 11.4. The van der Waals surface area contributed by atoms with Crippen LogP contribution in [-0.2, 0) is 16.0 Å². The summed E-state index contributed by atoms with van der Waals surface area (Å²) in [7, 11) is 0. The number of rotatable bonds is 13. The molecule has 0 saturated carbocycles. The molecule has 0 fully saturated rings. The van der Waals surface area contributed by atoms with Gasteiger partial charge in [-0.25, -0.2) is 4.79 Å². The Kier molecular flexibility index (Phi) is 10.2. The van der Waals surface area contributed by atoms with Crippen molar-refractivity contribution in [2.24, 2.45) is 5.92 Å². The maximum atomic E-state index is 12.3. The van der Waals surface area contributed by atoms with Crippen molar-refractivity contribution >= 4 is 17.5 Å². The van der Waals surface area contributed by atoms with Crippen molar-refractivity contribution in [2.45, 2.75) is 72.1 Å². The minimum absolute atomic E-state index is 0.0788. The fourth-order valence-corrected chi connectivity index (χ4v) is 3.71. The Morgan fingerprint density at radius 3 is 2.03 bits per heavy atom. The van der Waals surface area contributed by atoms with Crippen LogP contribution in [0.25, 0.3) is 0 Å². The monoisotopic (exact) mass is 422 g/mol. The van der Waals surface area contributed by atoms with Crippen LogP contribution in [0.2, 0.25) is 0 Å². The minimum atomic E-state index is -0.398. The summed E-state index contributed by atoms with van der Waals surface area (Å²) in [5, 5.41) is 0. The highest BCUT2D eigenvalue weighted by atomic mass is 16.5. The molecule has 166 valence electrons. The van der Waals surface area contributed by atoms with Gasteiger partial charge in [-0.2, -0.15) is 0 Å². The molecule has 31 heavy (non-hydrogen) atoms. The summed E-state index contributed by atoms with van der Waals surface area (Å²) in [6.07, 6.45) is 6.57. The van der Waals surface area contributed by atoms with Gasteiger partial charge in [0.15, 0.2) is 0 Å². The lowest BCUT2D eigenvalue weighted by molar-refractivity contribution is -0.132. The Bertz CT molecular complexity index is 851. The van der Waals surface area contributed by atoms with Crippen LogP contribution in [0.3, 0.4) is 0 Å². The Morgan fingerprint density at radius 1 is 0.806 bits per heavy atom. The van der Waals surface area contributed by atoms with Crippen LogP contribution in [-0.4, -0.2) is 17.5 Å². The molecule has 0 amide bonds. The molecular formula is C27H34O4. The molecule has 0 saturated heterocycles. The second-order valence-corrected chi connectivity index (χ2v) is 7.99. The topological polar surface area (TPSA) is 60.4 Å². The van der Waals surface area contributed by atoms with Gasteiger partial charge in [0.25, 0.3) is 0 Å².